The first-order valence-electron chi connectivity index (χ1n) is 13.4. The third-order valence-corrected chi connectivity index (χ3v) is 6.73. The number of carbonyl (C=O) groups excluding carboxylic acids is 1. The quantitative estimate of drug-likeness (QED) is 0.200. The largest absolute Gasteiger partial charge is 0.385 e. The van der Waals surface area contributed by atoms with Crippen molar-refractivity contribution in [2.45, 2.75) is 46.2 Å². The van der Waals surface area contributed by atoms with Crippen LogP contribution < -0.4 is 0 Å². The summed E-state index contributed by atoms with van der Waals surface area (Å²) in [6.07, 6.45) is 3.87. The van der Waals surface area contributed by atoms with Gasteiger partial charge >= 0.3 is 0 Å². The molecule has 38 heavy (non-hydrogen) atoms. The smallest absolute Gasteiger partial charge is 0.254 e. The predicted molar refractivity (Wildman–Crippen MR) is 154 cm³/mol. The van der Waals surface area contributed by atoms with Gasteiger partial charge in [-0.15, -0.1) is 0 Å². The van der Waals surface area contributed by atoms with E-state index >= 15 is 0 Å². The topological polar surface area (TPSA) is 47.4 Å². The van der Waals surface area contributed by atoms with Gasteiger partial charge in [-0.2, -0.15) is 0 Å². The van der Waals surface area contributed by atoms with Crippen molar-refractivity contribution in [3.63, 3.8) is 0 Å². The Morgan fingerprint density at radius 2 is 1.50 bits per heavy atom. The fourth-order valence-corrected chi connectivity index (χ4v) is 4.92. The number of rotatable bonds is 11. The maximum atomic E-state index is 14.1. The van der Waals surface area contributed by atoms with Crippen LogP contribution >= 0.6 is 0 Å². The molecule has 1 atom stereocenters. The lowest BCUT2D eigenvalue weighted by Gasteiger charge is -2.40. The summed E-state index contributed by atoms with van der Waals surface area (Å²) in [6.45, 7) is 8.57. The van der Waals surface area contributed by atoms with Gasteiger partial charge in [0.05, 0.1) is 11.7 Å². The van der Waals surface area contributed by atoms with Crippen molar-refractivity contribution in [3.05, 3.63) is 114 Å². The maximum Gasteiger partial charge on any atom is 0.254 e. The van der Waals surface area contributed by atoms with Gasteiger partial charge in [-0.3, -0.25) is 4.79 Å². The summed E-state index contributed by atoms with van der Waals surface area (Å²) in [5, 5.41) is 0. The van der Waals surface area contributed by atoms with Crippen LogP contribution in [0, 0.1) is 5.41 Å². The zero-order valence-electron chi connectivity index (χ0n) is 23.0. The maximum absolute atomic E-state index is 14.1. The van der Waals surface area contributed by atoms with E-state index in [-0.39, 0.29) is 17.4 Å². The molecule has 1 amide bonds. The van der Waals surface area contributed by atoms with Gasteiger partial charge in [0.2, 0.25) is 0 Å². The predicted octanol–water partition coefficient (Wildman–Crippen LogP) is 7.25. The lowest BCUT2D eigenvalue weighted by molar-refractivity contribution is 0.0470. The molecular formula is C33H39N3O2. The number of methoxy groups -OCH3 is 1. The second-order valence-corrected chi connectivity index (χ2v) is 10.8. The third kappa shape index (κ3) is 6.78. The Kier molecular flexibility index (Phi) is 9.14. The zero-order valence-corrected chi connectivity index (χ0v) is 23.0. The molecule has 0 bridgehead atoms. The van der Waals surface area contributed by atoms with Crippen LogP contribution in [-0.4, -0.2) is 40.6 Å². The summed E-state index contributed by atoms with van der Waals surface area (Å²) in [7, 11) is 1.72. The Labute approximate surface area is 227 Å². The van der Waals surface area contributed by atoms with Crippen LogP contribution in [0.5, 0.6) is 0 Å². The standard InChI is InChI=1S/C33H39N3O2/c1-33(2,3)30(36(22-14-15-23-38-4)32(37)28-20-12-7-13-21-28)31-34-29(27-18-10-6-11-19-27)25-35(31)24-26-16-8-5-9-17-26/h5-13,16-21,25,30H,14-15,22-24H2,1-4H3/t30-/m0/s1. The van der Waals surface area contributed by atoms with Crippen LogP contribution in [0.1, 0.15) is 61.4 Å². The highest BCUT2D eigenvalue weighted by Gasteiger charge is 2.38. The molecule has 3 aromatic carbocycles. The molecule has 0 radical (unpaired) electrons. The minimum atomic E-state index is -0.264. The summed E-state index contributed by atoms with van der Waals surface area (Å²) in [4.78, 5) is 21.3. The molecule has 4 rings (SSSR count). The van der Waals surface area contributed by atoms with Gasteiger partial charge in [0.1, 0.15) is 5.82 Å². The molecule has 0 N–H and O–H groups in total. The van der Waals surface area contributed by atoms with Crippen molar-refractivity contribution >= 4 is 5.91 Å². The molecule has 0 saturated carbocycles. The molecule has 0 fully saturated rings. The number of hydrogen-bond acceptors (Lipinski definition) is 3. The monoisotopic (exact) mass is 509 g/mol. The summed E-state index contributed by atoms with van der Waals surface area (Å²) in [5.74, 6) is 0.926. The number of imidazole rings is 1. The van der Waals surface area contributed by atoms with Crippen molar-refractivity contribution in [1.82, 2.24) is 14.5 Å². The van der Waals surface area contributed by atoms with E-state index < -0.39 is 0 Å². The van der Waals surface area contributed by atoms with Gasteiger partial charge in [0.25, 0.3) is 5.91 Å². The summed E-state index contributed by atoms with van der Waals surface area (Å²) < 4.78 is 7.53. The minimum Gasteiger partial charge on any atom is -0.385 e. The van der Waals surface area contributed by atoms with Crippen LogP contribution in [-0.2, 0) is 11.3 Å². The molecular weight excluding hydrogens is 470 g/mol. The summed E-state index contributed by atoms with van der Waals surface area (Å²) in [6, 6.07) is 30.0. The third-order valence-electron chi connectivity index (χ3n) is 6.73. The molecule has 0 aliphatic heterocycles. The number of benzene rings is 3. The van der Waals surface area contributed by atoms with E-state index in [9.17, 15) is 4.79 Å². The van der Waals surface area contributed by atoms with Gasteiger partial charge in [-0.25, -0.2) is 4.98 Å². The fraction of sp³-hybridized carbons (Fsp3) is 0.333. The number of amides is 1. The molecule has 5 nitrogen and oxygen atoms in total. The van der Waals surface area contributed by atoms with Crippen molar-refractivity contribution in [1.29, 1.82) is 0 Å². The van der Waals surface area contributed by atoms with E-state index in [0.29, 0.717) is 25.3 Å². The molecule has 198 valence electrons. The van der Waals surface area contributed by atoms with E-state index in [1.54, 1.807) is 7.11 Å². The lowest BCUT2D eigenvalue weighted by atomic mass is 9.84. The average molecular weight is 510 g/mol. The number of hydrogen-bond donors (Lipinski definition) is 0. The first-order chi connectivity index (χ1) is 18.4. The normalized spacial score (nSPS) is 12.3. The Bertz CT molecular complexity index is 1280. The number of unbranched alkanes of at least 4 members (excludes halogenated alkanes) is 1. The molecule has 0 spiro atoms. The second kappa shape index (κ2) is 12.7. The highest BCUT2D eigenvalue weighted by Crippen LogP contribution is 2.40. The Hall–Kier alpha value is -3.70. The van der Waals surface area contributed by atoms with Crippen LogP contribution in [0.25, 0.3) is 11.3 Å². The van der Waals surface area contributed by atoms with Crippen molar-refractivity contribution in [3.8, 4) is 11.3 Å². The number of carbonyl (C=O) groups is 1. The lowest BCUT2D eigenvalue weighted by Crippen LogP contribution is -2.43. The number of aromatic nitrogens is 2. The Balaban J connectivity index is 1.83. The molecule has 5 heteroatoms. The van der Waals surface area contributed by atoms with Crippen LogP contribution in [0.15, 0.2) is 97.2 Å². The zero-order chi connectivity index (χ0) is 27.0. The van der Waals surface area contributed by atoms with Crippen LogP contribution in [0.4, 0.5) is 0 Å². The van der Waals surface area contributed by atoms with Gasteiger partial charge in [0.15, 0.2) is 0 Å². The Morgan fingerprint density at radius 1 is 0.895 bits per heavy atom. The van der Waals surface area contributed by atoms with Crippen molar-refractivity contribution in [2.24, 2.45) is 5.41 Å². The molecule has 0 aliphatic rings. The van der Waals surface area contributed by atoms with Gasteiger partial charge in [0, 0.05) is 44.1 Å². The van der Waals surface area contributed by atoms with Gasteiger partial charge in [-0.1, -0.05) is 99.6 Å². The first kappa shape index (κ1) is 27.3. The Morgan fingerprint density at radius 3 is 2.11 bits per heavy atom. The van der Waals surface area contributed by atoms with E-state index in [0.717, 1.165) is 29.9 Å². The second-order valence-electron chi connectivity index (χ2n) is 10.8. The number of ether oxygens (including phenoxy) is 1. The summed E-state index contributed by atoms with van der Waals surface area (Å²) >= 11 is 0. The van der Waals surface area contributed by atoms with Gasteiger partial charge < -0.3 is 14.2 Å². The summed E-state index contributed by atoms with van der Waals surface area (Å²) in [5.41, 5.74) is 3.60. The molecule has 1 heterocycles. The van der Waals surface area contributed by atoms with Crippen LogP contribution in [0.3, 0.4) is 0 Å². The van der Waals surface area contributed by atoms with E-state index in [4.69, 9.17) is 9.72 Å². The fourth-order valence-electron chi connectivity index (χ4n) is 4.92. The molecule has 0 saturated heterocycles. The average Bonchev–Trinajstić information content (AvgIpc) is 3.33. The van der Waals surface area contributed by atoms with E-state index in [1.807, 2.05) is 59.5 Å². The number of nitrogens with zero attached hydrogens (tertiary/aromatic N) is 3. The SMILES string of the molecule is COCCCCN(C(=O)c1ccccc1)[C@@H](c1nc(-c2ccccc2)cn1Cc1ccccc1)C(C)(C)C. The highest BCUT2D eigenvalue weighted by molar-refractivity contribution is 5.94. The van der Waals surface area contributed by atoms with E-state index in [2.05, 4.69) is 67.9 Å². The van der Waals surface area contributed by atoms with Crippen LogP contribution in [0.2, 0.25) is 0 Å². The van der Waals surface area contributed by atoms with Gasteiger partial charge in [-0.05, 0) is 36.0 Å². The molecule has 4 aromatic rings. The van der Waals surface area contributed by atoms with E-state index in [1.165, 1.54) is 5.56 Å². The molecule has 0 aliphatic carbocycles. The molecule has 1 aromatic heterocycles. The minimum absolute atomic E-state index is 0.0264. The van der Waals surface area contributed by atoms with Crippen molar-refractivity contribution < 1.29 is 9.53 Å². The highest BCUT2D eigenvalue weighted by atomic mass is 16.5. The first-order valence-corrected chi connectivity index (χ1v) is 13.4. The van der Waals surface area contributed by atoms with Crippen molar-refractivity contribution in [2.75, 3.05) is 20.3 Å². The molecule has 0 unspecified atom stereocenters.